The van der Waals surface area contributed by atoms with Gasteiger partial charge in [-0.05, 0) is 32.0 Å². The fraction of sp³-hybridized carbons (Fsp3) is 0.308. The fourth-order valence-corrected chi connectivity index (χ4v) is 5.75. The number of anilines is 3. The van der Waals surface area contributed by atoms with Crippen molar-refractivity contribution in [3.63, 3.8) is 0 Å². The molecule has 0 spiro atoms. The van der Waals surface area contributed by atoms with Crippen LogP contribution in [0, 0.1) is 0 Å². The highest BCUT2D eigenvalue weighted by Gasteiger charge is 2.22. The maximum Gasteiger partial charge on any atom is 0.277 e. The Balaban J connectivity index is 1.62. The van der Waals surface area contributed by atoms with E-state index in [0.29, 0.717) is 36.4 Å². The van der Waals surface area contributed by atoms with Gasteiger partial charge >= 0.3 is 0 Å². The number of ether oxygens (including phenoxy) is 2. The van der Waals surface area contributed by atoms with E-state index in [1.165, 1.54) is 11.3 Å². The molecule has 0 aliphatic carbocycles. The normalized spacial score (nSPS) is 13.2. The summed E-state index contributed by atoms with van der Waals surface area (Å²) < 4.78 is 11.8. The molecule has 1 amide bonds. The summed E-state index contributed by atoms with van der Waals surface area (Å²) in [6.07, 6.45) is 0. The van der Waals surface area contributed by atoms with Crippen LogP contribution in [0.4, 0.5) is 17.5 Å². The number of thioether (sulfide) groups is 1. The number of carbonyl (C=O) groups excluding carboxylic acids is 1. The first-order chi connectivity index (χ1) is 18.0. The first-order valence-electron chi connectivity index (χ1n) is 12.0. The number of benzene rings is 2. The minimum Gasteiger partial charge on any atom is -0.490 e. The molecule has 5 rings (SSSR count). The SMILES string of the molecule is CCOc1cc2nc(N3CCSC3)nc(N(C)c3cccc(-c4csc(C(N)=O)n4)c3)c2cc1OCC. The first kappa shape index (κ1) is 25.1. The summed E-state index contributed by atoms with van der Waals surface area (Å²) in [5.41, 5.74) is 8.70. The van der Waals surface area contributed by atoms with Crippen molar-refractivity contribution in [2.24, 2.45) is 5.73 Å². The summed E-state index contributed by atoms with van der Waals surface area (Å²) in [5.74, 6) is 4.15. The quantitative estimate of drug-likeness (QED) is 0.319. The van der Waals surface area contributed by atoms with Crippen LogP contribution in [0.1, 0.15) is 23.6 Å². The fourth-order valence-electron chi connectivity index (χ4n) is 4.13. The van der Waals surface area contributed by atoms with Crippen LogP contribution in [-0.4, -0.2) is 59.3 Å². The van der Waals surface area contributed by atoms with Gasteiger partial charge in [0.2, 0.25) is 5.95 Å². The highest BCUT2D eigenvalue weighted by atomic mass is 32.2. The number of amides is 1. The highest BCUT2D eigenvalue weighted by molar-refractivity contribution is 7.99. The average molecular weight is 537 g/mol. The van der Waals surface area contributed by atoms with E-state index in [0.717, 1.165) is 46.1 Å². The number of carbonyl (C=O) groups is 1. The summed E-state index contributed by atoms with van der Waals surface area (Å²) in [6, 6.07) is 11.9. The molecule has 1 aliphatic heterocycles. The number of hydrogen-bond donors (Lipinski definition) is 1. The molecule has 3 heterocycles. The van der Waals surface area contributed by atoms with Gasteiger partial charge in [0.05, 0.1) is 30.3 Å². The third-order valence-corrected chi connectivity index (χ3v) is 7.75. The van der Waals surface area contributed by atoms with Crippen LogP contribution in [0.15, 0.2) is 41.8 Å². The number of primary amides is 1. The average Bonchev–Trinajstić information content (AvgIpc) is 3.62. The van der Waals surface area contributed by atoms with Gasteiger partial charge in [0.25, 0.3) is 5.91 Å². The van der Waals surface area contributed by atoms with Gasteiger partial charge in [-0.25, -0.2) is 9.97 Å². The first-order valence-corrected chi connectivity index (χ1v) is 14.1. The Labute approximate surface area is 223 Å². The van der Waals surface area contributed by atoms with E-state index in [2.05, 4.69) is 9.88 Å². The zero-order valence-corrected chi connectivity index (χ0v) is 22.6. The largest absolute Gasteiger partial charge is 0.490 e. The molecule has 2 aromatic carbocycles. The van der Waals surface area contributed by atoms with Crippen molar-refractivity contribution in [2.45, 2.75) is 13.8 Å². The Bertz CT molecular complexity index is 1440. The van der Waals surface area contributed by atoms with Gasteiger partial charge in [0.15, 0.2) is 16.5 Å². The van der Waals surface area contributed by atoms with Crippen molar-refractivity contribution in [2.75, 3.05) is 48.2 Å². The summed E-state index contributed by atoms with van der Waals surface area (Å²) in [7, 11) is 1.98. The number of rotatable bonds is 9. The lowest BCUT2D eigenvalue weighted by Gasteiger charge is -2.24. The van der Waals surface area contributed by atoms with Gasteiger partial charge in [0, 0.05) is 47.4 Å². The van der Waals surface area contributed by atoms with E-state index in [-0.39, 0.29) is 5.01 Å². The van der Waals surface area contributed by atoms with Crippen LogP contribution in [-0.2, 0) is 0 Å². The summed E-state index contributed by atoms with van der Waals surface area (Å²) in [4.78, 5) is 30.1. The molecule has 192 valence electrons. The van der Waals surface area contributed by atoms with E-state index in [9.17, 15) is 4.79 Å². The maximum absolute atomic E-state index is 11.5. The van der Waals surface area contributed by atoms with E-state index in [4.69, 9.17) is 25.2 Å². The molecule has 0 unspecified atom stereocenters. The summed E-state index contributed by atoms with van der Waals surface area (Å²) in [6.45, 7) is 5.85. The van der Waals surface area contributed by atoms with Crippen LogP contribution in [0.3, 0.4) is 0 Å². The Hall–Kier alpha value is -3.57. The number of hydrogen-bond acceptors (Lipinski definition) is 10. The van der Waals surface area contributed by atoms with Crippen LogP contribution in [0.25, 0.3) is 22.2 Å². The molecule has 2 N–H and O–H groups in total. The summed E-state index contributed by atoms with van der Waals surface area (Å²) >= 11 is 3.11. The van der Waals surface area contributed by atoms with Crippen molar-refractivity contribution in [1.82, 2.24) is 15.0 Å². The molecule has 0 bridgehead atoms. The van der Waals surface area contributed by atoms with Crippen LogP contribution < -0.4 is 25.0 Å². The number of nitrogens with two attached hydrogens (primary N) is 1. The lowest BCUT2D eigenvalue weighted by molar-refractivity contribution is 0.1000. The second kappa shape index (κ2) is 10.8. The van der Waals surface area contributed by atoms with Gasteiger partial charge < -0.3 is 25.0 Å². The molecule has 9 nitrogen and oxygen atoms in total. The number of nitrogens with zero attached hydrogens (tertiary/aromatic N) is 5. The monoisotopic (exact) mass is 536 g/mol. The Morgan fingerprint density at radius 1 is 1.11 bits per heavy atom. The third kappa shape index (κ3) is 5.14. The predicted octanol–water partition coefficient (Wildman–Crippen LogP) is 4.93. The Morgan fingerprint density at radius 2 is 1.89 bits per heavy atom. The second-order valence-corrected chi connectivity index (χ2v) is 10.3. The number of thiazole rings is 1. The van der Waals surface area contributed by atoms with Crippen molar-refractivity contribution in [3.8, 4) is 22.8 Å². The molecule has 0 saturated carbocycles. The Kier molecular flexibility index (Phi) is 7.33. The third-order valence-electron chi connectivity index (χ3n) is 5.93. The smallest absolute Gasteiger partial charge is 0.277 e. The van der Waals surface area contributed by atoms with Crippen LogP contribution in [0.2, 0.25) is 0 Å². The lowest BCUT2D eigenvalue weighted by atomic mass is 10.1. The number of aromatic nitrogens is 3. The lowest BCUT2D eigenvalue weighted by Crippen LogP contribution is -2.22. The number of fused-ring (bicyclic) bond motifs is 1. The zero-order valence-electron chi connectivity index (χ0n) is 20.9. The van der Waals surface area contributed by atoms with Crippen molar-refractivity contribution in [1.29, 1.82) is 0 Å². The maximum atomic E-state index is 11.5. The zero-order chi connectivity index (χ0) is 25.9. The van der Waals surface area contributed by atoms with Crippen molar-refractivity contribution in [3.05, 3.63) is 46.8 Å². The van der Waals surface area contributed by atoms with E-state index >= 15 is 0 Å². The molecule has 4 aromatic rings. The molecular formula is C26H28N6O3S2. The highest BCUT2D eigenvalue weighted by Crippen LogP contribution is 2.39. The molecular weight excluding hydrogens is 508 g/mol. The van der Waals surface area contributed by atoms with E-state index < -0.39 is 5.91 Å². The topological polar surface area (TPSA) is 107 Å². The molecule has 0 radical (unpaired) electrons. The minimum atomic E-state index is -0.527. The minimum absolute atomic E-state index is 0.289. The van der Waals surface area contributed by atoms with E-state index in [1.54, 1.807) is 0 Å². The molecule has 1 aliphatic rings. The second-order valence-electron chi connectivity index (χ2n) is 8.34. The molecule has 1 saturated heterocycles. The van der Waals surface area contributed by atoms with Gasteiger partial charge in [-0.3, -0.25) is 4.79 Å². The van der Waals surface area contributed by atoms with Gasteiger partial charge in [-0.2, -0.15) is 4.98 Å². The molecule has 1 fully saturated rings. The van der Waals surface area contributed by atoms with Crippen molar-refractivity contribution >= 4 is 57.4 Å². The molecule has 37 heavy (non-hydrogen) atoms. The van der Waals surface area contributed by atoms with Gasteiger partial charge in [-0.15, -0.1) is 23.1 Å². The molecule has 2 aromatic heterocycles. The summed E-state index contributed by atoms with van der Waals surface area (Å²) in [5, 5.41) is 2.99. The van der Waals surface area contributed by atoms with Crippen molar-refractivity contribution < 1.29 is 14.3 Å². The molecule has 0 atom stereocenters. The predicted molar refractivity (Wildman–Crippen MR) is 151 cm³/mol. The Morgan fingerprint density at radius 3 is 2.57 bits per heavy atom. The van der Waals surface area contributed by atoms with Crippen LogP contribution in [0.5, 0.6) is 11.5 Å². The van der Waals surface area contributed by atoms with Gasteiger partial charge in [0.1, 0.15) is 5.82 Å². The molecule has 11 heteroatoms. The van der Waals surface area contributed by atoms with E-state index in [1.807, 2.05) is 79.3 Å². The van der Waals surface area contributed by atoms with Crippen LogP contribution >= 0.6 is 23.1 Å². The van der Waals surface area contributed by atoms with Gasteiger partial charge in [-0.1, -0.05) is 12.1 Å². The standard InChI is InChI=1S/C26H28N6O3S2/c1-4-34-21-12-18-19(13-22(21)35-5-2)29-26(32-9-10-36-15-32)30-24(18)31(3)17-8-6-7-16(11-17)20-14-37-25(28-20)23(27)33/h6-8,11-14H,4-5,9-10,15H2,1-3H3,(H2,27,33).